The van der Waals surface area contributed by atoms with Gasteiger partial charge in [-0.05, 0) is 31.4 Å². The molecule has 1 aliphatic heterocycles. The van der Waals surface area contributed by atoms with E-state index in [1.54, 1.807) is 24.3 Å². The molecule has 0 atom stereocenters. The van der Waals surface area contributed by atoms with Crippen molar-refractivity contribution in [2.45, 2.75) is 96.8 Å². The zero-order valence-corrected chi connectivity index (χ0v) is 19.2. The van der Waals surface area contributed by atoms with Crippen LogP contribution in [0.3, 0.4) is 0 Å². The molecule has 0 spiro atoms. The van der Waals surface area contributed by atoms with Crippen LogP contribution in [0.1, 0.15) is 118 Å². The number of carbonyl (C=O) groups excluding carboxylic acids is 3. The second-order valence-electron chi connectivity index (χ2n) is 8.52. The lowest BCUT2D eigenvalue weighted by Crippen LogP contribution is -2.30. The first-order valence-corrected chi connectivity index (χ1v) is 12.3. The van der Waals surface area contributed by atoms with Gasteiger partial charge in [-0.2, -0.15) is 0 Å². The molecule has 5 heteroatoms. The summed E-state index contributed by atoms with van der Waals surface area (Å²) in [5.74, 6) is -0.565. The van der Waals surface area contributed by atoms with Crippen molar-refractivity contribution in [2.24, 2.45) is 0 Å². The Morgan fingerprint density at radius 3 is 1.84 bits per heavy atom. The highest BCUT2D eigenvalue weighted by Gasteiger charge is 2.34. The summed E-state index contributed by atoms with van der Waals surface area (Å²) in [6.07, 6.45) is 15.3. The van der Waals surface area contributed by atoms with Crippen molar-refractivity contribution in [2.75, 3.05) is 13.2 Å². The van der Waals surface area contributed by atoms with Crippen molar-refractivity contribution in [3.8, 4) is 0 Å². The Labute approximate surface area is 187 Å². The third-order valence-corrected chi connectivity index (χ3v) is 5.90. The molecule has 2 rings (SSSR count). The first-order chi connectivity index (χ1) is 15.1. The lowest BCUT2D eigenvalue weighted by molar-refractivity contribution is -0.143. The Hall–Kier alpha value is -2.17. The second kappa shape index (κ2) is 14.8. The van der Waals surface area contributed by atoms with Crippen LogP contribution < -0.4 is 0 Å². The number of benzene rings is 1. The molecule has 0 saturated heterocycles. The van der Waals surface area contributed by atoms with Crippen LogP contribution in [0, 0.1) is 0 Å². The number of amides is 2. The monoisotopic (exact) mass is 429 g/mol. The fraction of sp³-hybridized carbons (Fsp3) is 0.654. The average molecular weight is 430 g/mol. The minimum absolute atomic E-state index is 0.142. The highest BCUT2D eigenvalue weighted by molar-refractivity contribution is 6.21. The Kier molecular flexibility index (Phi) is 12.0. The first kappa shape index (κ1) is 25.1. The quantitative estimate of drug-likeness (QED) is 0.165. The smallest absolute Gasteiger partial charge is 0.305 e. The number of imide groups is 1. The van der Waals surface area contributed by atoms with E-state index in [9.17, 15) is 14.4 Å². The third-order valence-electron chi connectivity index (χ3n) is 5.90. The molecule has 0 bridgehead atoms. The second-order valence-corrected chi connectivity index (χ2v) is 8.52. The number of fused-ring (bicyclic) bond motifs is 1. The van der Waals surface area contributed by atoms with E-state index in [4.69, 9.17) is 4.74 Å². The standard InChI is InChI=1S/C26H39NO4/c1-2-3-4-5-6-7-8-9-10-16-21-31-24(28)19-12-11-15-20-27-25(29)22-17-13-14-18-23(22)26(27)30/h13-14,17-18H,2-12,15-16,19-21H2,1H3. The van der Waals surface area contributed by atoms with E-state index in [1.165, 1.54) is 56.3 Å². The third kappa shape index (κ3) is 8.84. The summed E-state index contributed by atoms with van der Waals surface area (Å²) in [7, 11) is 0. The zero-order chi connectivity index (χ0) is 22.3. The molecule has 1 aliphatic rings. The Morgan fingerprint density at radius 1 is 0.742 bits per heavy atom. The summed E-state index contributed by atoms with van der Waals surface area (Å²) in [5, 5.41) is 0. The molecule has 172 valence electrons. The van der Waals surface area contributed by atoms with Crippen molar-refractivity contribution in [3.63, 3.8) is 0 Å². The maximum absolute atomic E-state index is 12.3. The van der Waals surface area contributed by atoms with Gasteiger partial charge in [0.25, 0.3) is 11.8 Å². The summed E-state index contributed by atoms with van der Waals surface area (Å²) >= 11 is 0. The number of rotatable bonds is 17. The van der Waals surface area contributed by atoms with Crippen molar-refractivity contribution in [1.29, 1.82) is 0 Å². The summed E-state index contributed by atoms with van der Waals surface area (Å²) in [5.41, 5.74) is 0.978. The fourth-order valence-corrected chi connectivity index (χ4v) is 4.01. The van der Waals surface area contributed by atoms with E-state index in [0.717, 1.165) is 25.7 Å². The molecule has 1 heterocycles. The predicted molar refractivity (Wildman–Crippen MR) is 123 cm³/mol. The molecule has 0 N–H and O–H groups in total. The van der Waals surface area contributed by atoms with E-state index in [0.29, 0.717) is 37.1 Å². The molecule has 1 aromatic carbocycles. The molecule has 1 aromatic rings. The van der Waals surface area contributed by atoms with Crippen LogP contribution in [-0.4, -0.2) is 35.8 Å². The van der Waals surface area contributed by atoms with E-state index in [2.05, 4.69) is 6.92 Å². The predicted octanol–water partition coefficient (Wildman–Crippen LogP) is 6.31. The molecular weight excluding hydrogens is 390 g/mol. The Morgan fingerprint density at radius 2 is 1.26 bits per heavy atom. The molecular formula is C26H39NO4. The van der Waals surface area contributed by atoms with Gasteiger partial charge in [-0.1, -0.05) is 83.3 Å². The van der Waals surface area contributed by atoms with E-state index >= 15 is 0 Å². The van der Waals surface area contributed by atoms with Crippen LogP contribution in [0.15, 0.2) is 24.3 Å². The van der Waals surface area contributed by atoms with E-state index < -0.39 is 0 Å². The van der Waals surface area contributed by atoms with Gasteiger partial charge in [0.05, 0.1) is 17.7 Å². The van der Waals surface area contributed by atoms with Crippen molar-refractivity contribution in [3.05, 3.63) is 35.4 Å². The number of hydrogen-bond acceptors (Lipinski definition) is 4. The van der Waals surface area contributed by atoms with Crippen LogP contribution in [0.2, 0.25) is 0 Å². The Bertz CT molecular complexity index is 665. The highest BCUT2D eigenvalue weighted by atomic mass is 16.5. The summed E-state index contributed by atoms with van der Waals surface area (Å²) in [4.78, 5) is 37.7. The van der Waals surface area contributed by atoms with Gasteiger partial charge in [0.1, 0.15) is 0 Å². The molecule has 5 nitrogen and oxygen atoms in total. The van der Waals surface area contributed by atoms with Crippen LogP contribution in [0.5, 0.6) is 0 Å². The van der Waals surface area contributed by atoms with Gasteiger partial charge in [-0.3, -0.25) is 19.3 Å². The van der Waals surface area contributed by atoms with Crippen LogP contribution >= 0.6 is 0 Å². The largest absolute Gasteiger partial charge is 0.466 e. The van der Waals surface area contributed by atoms with Gasteiger partial charge in [0, 0.05) is 13.0 Å². The van der Waals surface area contributed by atoms with Gasteiger partial charge >= 0.3 is 5.97 Å². The molecule has 0 aromatic heterocycles. The number of ether oxygens (including phenoxy) is 1. The number of carbonyl (C=O) groups is 3. The van der Waals surface area contributed by atoms with Crippen molar-refractivity contribution < 1.29 is 19.1 Å². The Balaban J connectivity index is 1.41. The van der Waals surface area contributed by atoms with Crippen molar-refractivity contribution in [1.82, 2.24) is 4.90 Å². The fourth-order valence-electron chi connectivity index (χ4n) is 4.01. The minimum atomic E-state index is -0.212. The molecule has 0 unspecified atom stereocenters. The van der Waals surface area contributed by atoms with Gasteiger partial charge in [0.15, 0.2) is 0 Å². The van der Waals surface area contributed by atoms with Crippen molar-refractivity contribution >= 4 is 17.8 Å². The highest BCUT2D eigenvalue weighted by Crippen LogP contribution is 2.22. The maximum atomic E-state index is 12.3. The molecule has 0 saturated carbocycles. The zero-order valence-electron chi connectivity index (χ0n) is 19.2. The lowest BCUT2D eigenvalue weighted by Gasteiger charge is -2.13. The normalized spacial score (nSPS) is 13.0. The van der Waals surface area contributed by atoms with Gasteiger partial charge < -0.3 is 4.74 Å². The van der Waals surface area contributed by atoms with Gasteiger partial charge in [-0.15, -0.1) is 0 Å². The molecule has 0 aliphatic carbocycles. The average Bonchev–Trinajstić information content (AvgIpc) is 3.02. The number of unbranched alkanes of at least 4 members (excludes halogenated alkanes) is 11. The van der Waals surface area contributed by atoms with Crippen LogP contribution in [0.4, 0.5) is 0 Å². The van der Waals surface area contributed by atoms with Gasteiger partial charge in [-0.25, -0.2) is 0 Å². The topological polar surface area (TPSA) is 63.7 Å². The van der Waals surface area contributed by atoms with Crippen LogP contribution in [-0.2, 0) is 9.53 Å². The summed E-state index contributed by atoms with van der Waals surface area (Å²) < 4.78 is 5.31. The van der Waals surface area contributed by atoms with E-state index in [1.807, 2.05) is 0 Å². The number of hydrogen-bond donors (Lipinski definition) is 0. The SMILES string of the molecule is CCCCCCCCCCCCOC(=O)CCCCCN1C(=O)c2ccccc2C1=O. The van der Waals surface area contributed by atoms with Crippen LogP contribution in [0.25, 0.3) is 0 Å². The molecule has 2 amide bonds. The number of esters is 1. The first-order valence-electron chi connectivity index (χ1n) is 12.3. The minimum Gasteiger partial charge on any atom is -0.466 e. The summed E-state index contributed by atoms with van der Waals surface area (Å²) in [6.45, 7) is 3.17. The summed E-state index contributed by atoms with van der Waals surface area (Å²) in [6, 6.07) is 6.93. The molecule has 31 heavy (non-hydrogen) atoms. The van der Waals surface area contributed by atoms with E-state index in [-0.39, 0.29) is 17.8 Å². The molecule has 0 fully saturated rings. The van der Waals surface area contributed by atoms with Gasteiger partial charge in [0.2, 0.25) is 0 Å². The lowest BCUT2D eigenvalue weighted by atomic mass is 10.1. The maximum Gasteiger partial charge on any atom is 0.305 e. The molecule has 0 radical (unpaired) electrons. The number of nitrogens with zero attached hydrogens (tertiary/aromatic N) is 1.